The van der Waals surface area contributed by atoms with Gasteiger partial charge in [-0.15, -0.1) is 0 Å². The van der Waals surface area contributed by atoms with Gasteiger partial charge in [0.1, 0.15) is 0 Å². The Labute approximate surface area is 107 Å². The van der Waals surface area contributed by atoms with Gasteiger partial charge in [0.05, 0.1) is 18.6 Å². The highest BCUT2D eigenvalue weighted by molar-refractivity contribution is 5.89. The van der Waals surface area contributed by atoms with Crippen molar-refractivity contribution in [1.82, 2.24) is 0 Å². The van der Waals surface area contributed by atoms with Crippen LogP contribution in [0.1, 0.15) is 25.3 Å². The molecule has 0 saturated carbocycles. The monoisotopic (exact) mass is 246 g/mol. The van der Waals surface area contributed by atoms with Crippen molar-refractivity contribution in [3.63, 3.8) is 0 Å². The normalized spacial score (nSPS) is 23.3. The highest BCUT2D eigenvalue weighted by Gasteiger charge is 2.29. The average molecular weight is 246 g/mol. The van der Waals surface area contributed by atoms with Crippen molar-refractivity contribution in [2.75, 3.05) is 6.61 Å². The highest BCUT2D eigenvalue weighted by atomic mass is 16.5. The molecular weight excluding hydrogens is 228 g/mol. The first-order valence-corrected chi connectivity index (χ1v) is 6.34. The lowest BCUT2D eigenvalue weighted by atomic mass is 9.82. The molecule has 0 radical (unpaired) electrons. The van der Waals surface area contributed by atoms with Crippen LogP contribution in [0.15, 0.2) is 36.4 Å². The van der Waals surface area contributed by atoms with Gasteiger partial charge in [-0.1, -0.05) is 36.4 Å². The first-order chi connectivity index (χ1) is 8.72. The molecule has 1 aliphatic rings. The Hall–Kier alpha value is -1.61. The molecule has 0 spiro atoms. The molecule has 0 heterocycles. The van der Waals surface area contributed by atoms with Crippen molar-refractivity contribution in [2.45, 2.75) is 25.9 Å². The summed E-state index contributed by atoms with van der Waals surface area (Å²) in [6.07, 6.45) is 2.56. The van der Waals surface area contributed by atoms with Gasteiger partial charge in [0.2, 0.25) is 0 Å². The zero-order chi connectivity index (χ0) is 13.0. The van der Waals surface area contributed by atoms with Crippen LogP contribution in [-0.4, -0.2) is 23.8 Å². The van der Waals surface area contributed by atoms with Gasteiger partial charge >= 0.3 is 5.97 Å². The number of aliphatic hydroxyl groups excluding tert-OH is 1. The van der Waals surface area contributed by atoms with Gasteiger partial charge < -0.3 is 9.84 Å². The lowest BCUT2D eigenvalue weighted by molar-refractivity contribution is -0.146. The quantitative estimate of drug-likeness (QED) is 0.833. The predicted molar refractivity (Wildman–Crippen MR) is 69.8 cm³/mol. The van der Waals surface area contributed by atoms with Gasteiger partial charge in [-0.05, 0) is 30.9 Å². The van der Waals surface area contributed by atoms with Crippen LogP contribution in [0.5, 0.6) is 0 Å². The second-order valence-electron chi connectivity index (χ2n) is 4.44. The molecule has 0 aliphatic heterocycles. The third-order valence-electron chi connectivity index (χ3n) is 3.18. The number of hydrogen-bond donors (Lipinski definition) is 1. The topological polar surface area (TPSA) is 46.5 Å². The number of ether oxygens (including phenoxy) is 1. The number of hydrogen-bond acceptors (Lipinski definition) is 3. The molecule has 1 aromatic rings. The van der Waals surface area contributed by atoms with Crippen molar-refractivity contribution in [3.05, 3.63) is 42.0 Å². The fourth-order valence-corrected chi connectivity index (χ4v) is 2.32. The third-order valence-corrected chi connectivity index (χ3v) is 3.18. The fraction of sp³-hybridized carbons (Fsp3) is 0.400. The lowest BCUT2D eigenvalue weighted by Gasteiger charge is -2.25. The number of aliphatic hydroxyl groups is 1. The molecule has 0 fully saturated rings. The molecule has 0 saturated heterocycles. The van der Waals surface area contributed by atoms with Crippen LogP contribution in [-0.2, 0) is 9.53 Å². The van der Waals surface area contributed by atoms with E-state index in [1.54, 1.807) is 6.08 Å². The zero-order valence-electron chi connectivity index (χ0n) is 10.5. The summed E-state index contributed by atoms with van der Waals surface area (Å²) in [6.45, 7) is 2.20. The van der Waals surface area contributed by atoms with Crippen LogP contribution in [0, 0.1) is 5.92 Å². The van der Waals surface area contributed by atoms with Gasteiger partial charge in [-0.2, -0.15) is 0 Å². The van der Waals surface area contributed by atoms with Gasteiger partial charge in [-0.25, -0.2) is 0 Å². The molecule has 1 aromatic carbocycles. The molecule has 2 unspecified atom stereocenters. The minimum Gasteiger partial charge on any atom is -0.466 e. The zero-order valence-corrected chi connectivity index (χ0v) is 10.5. The van der Waals surface area contributed by atoms with Gasteiger partial charge in [0.15, 0.2) is 0 Å². The van der Waals surface area contributed by atoms with Crippen LogP contribution in [0.2, 0.25) is 0 Å². The van der Waals surface area contributed by atoms with Crippen LogP contribution in [0.4, 0.5) is 0 Å². The van der Waals surface area contributed by atoms with Crippen molar-refractivity contribution in [1.29, 1.82) is 0 Å². The maximum Gasteiger partial charge on any atom is 0.313 e. The van der Waals surface area contributed by atoms with E-state index in [2.05, 4.69) is 0 Å². The van der Waals surface area contributed by atoms with E-state index in [9.17, 15) is 9.90 Å². The summed E-state index contributed by atoms with van der Waals surface area (Å²) in [5.41, 5.74) is 1.86. The van der Waals surface area contributed by atoms with Crippen LogP contribution >= 0.6 is 0 Å². The maximum atomic E-state index is 11.9. The van der Waals surface area contributed by atoms with E-state index in [0.29, 0.717) is 19.4 Å². The first-order valence-electron chi connectivity index (χ1n) is 6.34. The van der Waals surface area contributed by atoms with E-state index >= 15 is 0 Å². The van der Waals surface area contributed by atoms with Crippen molar-refractivity contribution < 1.29 is 14.6 Å². The van der Waals surface area contributed by atoms with Crippen LogP contribution < -0.4 is 0 Å². The van der Waals surface area contributed by atoms with Crippen LogP contribution in [0.25, 0.3) is 5.57 Å². The van der Waals surface area contributed by atoms with Gasteiger partial charge in [0.25, 0.3) is 0 Å². The van der Waals surface area contributed by atoms with E-state index in [1.165, 1.54) is 0 Å². The van der Waals surface area contributed by atoms with E-state index in [-0.39, 0.29) is 11.9 Å². The Bertz CT molecular complexity index is 436. The maximum absolute atomic E-state index is 11.9. The Morgan fingerprint density at radius 3 is 2.72 bits per heavy atom. The molecule has 0 amide bonds. The van der Waals surface area contributed by atoms with Crippen LogP contribution in [0.3, 0.4) is 0 Å². The average Bonchev–Trinajstić information content (AvgIpc) is 2.40. The molecule has 1 N–H and O–H groups in total. The molecule has 18 heavy (non-hydrogen) atoms. The minimum absolute atomic E-state index is 0.195. The van der Waals surface area contributed by atoms with Gasteiger partial charge in [-0.3, -0.25) is 4.79 Å². The van der Waals surface area contributed by atoms with Crippen molar-refractivity contribution in [3.8, 4) is 0 Å². The summed E-state index contributed by atoms with van der Waals surface area (Å²) in [7, 11) is 0. The predicted octanol–water partition coefficient (Wildman–Crippen LogP) is 2.40. The van der Waals surface area contributed by atoms with Crippen molar-refractivity contribution in [2.24, 2.45) is 5.92 Å². The fourth-order valence-electron chi connectivity index (χ4n) is 2.32. The highest BCUT2D eigenvalue weighted by Crippen LogP contribution is 2.33. The standard InChI is InChI=1S/C15H18O3/c1-2-18-15(17)13-9-8-12(16)10-14(13)11-6-4-3-5-7-11/h3-7,10,12-13,16H,2,8-9H2,1H3. The van der Waals surface area contributed by atoms with Gasteiger partial charge in [0, 0.05) is 0 Å². The molecule has 1 aliphatic carbocycles. The van der Waals surface area contributed by atoms with Crippen molar-refractivity contribution >= 4 is 11.5 Å². The summed E-state index contributed by atoms with van der Waals surface area (Å²) in [5.74, 6) is -0.449. The summed E-state index contributed by atoms with van der Waals surface area (Å²) in [5, 5.41) is 9.74. The number of carbonyl (C=O) groups excluding carboxylic acids is 1. The summed E-state index contributed by atoms with van der Waals surface area (Å²) < 4.78 is 5.11. The molecule has 2 rings (SSSR count). The van der Waals surface area contributed by atoms with E-state index in [0.717, 1.165) is 11.1 Å². The Kier molecular flexibility index (Phi) is 4.15. The second-order valence-corrected chi connectivity index (χ2v) is 4.44. The van der Waals surface area contributed by atoms with E-state index in [1.807, 2.05) is 37.3 Å². The number of esters is 1. The molecule has 96 valence electrons. The number of carbonyl (C=O) groups is 1. The summed E-state index contributed by atoms with van der Waals surface area (Å²) >= 11 is 0. The smallest absolute Gasteiger partial charge is 0.313 e. The molecule has 0 bridgehead atoms. The lowest BCUT2D eigenvalue weighted by Crippen LogP contribution is -2.25. The Morgan fingerprint density at radius 2 is 2.06 bits per heavy atom. The first kappa shape index (κ1) is 12.8. The van der Waals surface area contributed by atoms with E-state index in [4.69, 9.17) is 4.74 Å². The molecule has 3 nitrogen and oxygen atoms in total. The molecule has 3 heteroatoms. The second kappa shape index (κ2) is 5.83. The number of rotatable bonds is 3. The SMILES string of the molecule is CCOC(=O)C1CCC(O)C=C1c1ccccc1. The van der Waals surface area contributed by atoms with E-state index < -0.39 is 6.10 Å². The third kappa shape index (κ3) is 2.79. The Balaban J connectivity index is 2.30. The molecule has 2 atom stereocenters. The largest absolute Gasteiger partial charge is 0.466 e. The number of benzene rings is 1. The minimum atomic E-state index is -0.467. The molecular formula is C15H18O3. The molecule has 0 aromatic heterocycles. The summed E-state index contributed by atoms with van der Waals surface area (Å²) in [6, 6.07) is 9.70. The Morgan fingerprint density at radius 1 is 1.33 bits per heavy atom. The summed E-state index contributed by atoms with van der Waals surface area (Å²) in [4.78, 5) is 11.9.